The second kappa shape index (κ2) is 4.01. The van der Waals surface area contributed by atoms with Crippen molar-refractivity contribution in [2.45, 2.75) is 0 Å². The molecule has 0 aliphatic rings. The van der Waals surface area contributed by atoms with Gasteiger partial charge in [-0.15, -0.1) is 0 Å². The first-order valence-electron chi connectivity index (χ1n) is 2.83. The molecule has 0 aliphatic heterocycles. The zero-order valence-electron chi connectivity index (χ0n) is 5.39. The minimum Gasteiger partial charge on any atom is -0.222 e. The van der Waals surface area contributed by atoms with Crippen LogP contribution in [0.15, 0.2) is 21.4 Å². The highest BCUT2D eigenvalue weighted by molar-refractivity contribution is 14.1. The molecule has 0 atom stereocenters. The fourth-order valence-electron chi connectivity index (χ4n) is 0.659. The van der Waals surface area contributed by atoms with E-state index in [-0.39, 0.29) is 5.82 Å². The fourth-order valence-corrected chi connectivity index (χ4v) is 1.12. The lowest BCUT2D eigenvalue weighted by molar-refractivity contribution is 0.626. The van der Waals surface area contributed by atoms with E-state index in [1.807, 2.05) is 0 Å². The van der Waals surface area contributed by atoms with Crippen LogP contribution in [0.3, 0.4) is 0 Å². The van der Waals surface area contributed by atoms with Crippen LogP contribution < -0.4 is 0 Å². The molecule has 4 heteroatoms. The monoisotopic (exact) mass is 283 g/mol. The van der Waals surface area contributed by atoms with E-state index in [0.29, 0.717) is 10.6 Å². The van der Waals surface area contributed by atoms with Crippen LogP contribution in [0.5, 0.6) is 0 Å². The Bertz CT molecular complexity index is 288. The predicted octanol–water partition coefficient (Wildman–Crippen LogP) is 3.25. The van der Waals surface area contributed by atoms with E-state index in [2.05, 4.69) is 3.21 Å². The van der Waals surface area contributed by atoms with Gasteiger partial charge in [-0.3, -0.25) is 0 Å². The summed E-state index contributed by atoms with van der Waals surface area (Å²) in [6.45, 7) is 0. The maximum absolute atomic E-state index is 12.9. The van der Waals surface area contributed by atoms with E-state index >= 15 is 0 Å². The highest BCUT2D eigenvalue weighted by Gasteiger charge is 1.98. The van der Waals surface area contributed by atoms with Gasteiger partial charge in [0.25, 0.3) is 0 Å². The van der Waals surface area contributed by atoms with Gasteiger partial charge in [0.15, 0.2) is 0 Å². The molecule has 1 aromatic carbocycles. The van der Waals surface area contributed by atoms with Gasteiger partial charge < -0.3 is 0 Å². The smallest absolute Gasteiger partial charge is 0.133 e. The summed E-state index contributed by atoms with van der Waals surface area (Å²) in [4.78, 5) is 0. The molecule has 0 fully saturated rings. The Labute approximate surface area is 82.8 Å². The molecule has 58 valence electrons. The van der Waals surface area contributed by atoms with Crippen molar-refractivity contribution in [3.63, 3.8) is 0 Å². The second-order valence-corrected chi connectivity index (χ2v) is 2.89. The van der Waals surface area contributed by atoms with Crippen LogP contribution in [0.1, 0.15) is 5.56 Å². The van der Waals surface area contributed by atoms with Crippen LogP contribution in [-0.2, 0) is 0 Å². The van der Waals surface area contributed by atoms with E-state index in [4.69, 9.17) is 11.6 Å². The van der Waals surface area contributed by atoms with Crippen molar-refractivity contribution in [2.75, 3.05) is 0 Å². The third-order valence-electron chi connectivity index (χ3n) is 1.15. The Morgan fingerprint density at radius 1 is 1.55 bits per heavy atom. The standard InChI is InChI=1S/C7H4ClFIN/c8-6-2-1-5(4-11-10)7(9)3-6/h1-4H/b11-4+. The summed E-state index contributed by atoms with van der Waals surface area (Å²) in [5, 5.41) is 0.396. The number of hydrogen-bond donors (Lipinski definition) is 0. The average Bonchev–Trinajstić information content (AvgIpc) is 1.95. The van der Waals surface area contributed by atoms with Crippen molar-refractivity contribution in [3.8, 4) is 0 Å². The summed E-state index contributed by atoms with van der Waals surface area (Å²) in [5.74, 6) is -0.349. The Morgan fingerprint density at radius 3 is 2.82 bits per heavy atom. The molecule has 0 heterocycles. The van der Waals surface area contributed by atoms with Gasteiger partial charge in [-0.25, -0.2) is 7.60 Å². The molecule has 0 saturated heterocycles. The minimum atomic E-state index is -0.349. The second-order valence-electron chi connectivity index (χ2n) is 1.89. The lowest BCUT2D eigenvalue weighted by Crippen LogP contribution is -1.85. The Hall–Kier alpha value is -0.160. The molecular formula is C7H4ClFIN. The van der Waals surface area contributed by atoms with Crippen molar-refractivity contribution in [2.24, 2.45) is 3.21 Å². The topological polar surface area (TPSA) is 12.4 Å². The zero-order chi connectivity index (χ0) is 8.27. The Morgan fingerprint density at radius 2 is 2.27 bits per heavy atom. The number of nitrogens with zero attached hydrogens (tertiary/aromatic N) is 1. The third kappa shape index (κ3) is 2.41. The van der Waals surface area contributed by atoms with Crippen LogP contribution in [-0.4, -0.2) is 6.21 Å². The molecular weight excluding hydrogens is 279 g/mol. The largest absolute Gasteiger partial charge is 0.222 e. The van der Waals surface area contributed by atoms with Crippen molar-refractivity contribution in [1.82, 2.24) is 0 Å². The molecule has 0 aliphatic carbocycles. The van der Waals surface area contributed by atoms with Crippen LogP contribution in [0, 0.1) is 5.82 Å². The molecule has 0 saturated carbocycles. The Balaban J connectivity index is 3.09. The van der Waals surface area contributed by atoms with Crippen molar-refractivity contribution >= 4 is 40.7 Å². The van der Waals surface area contributed by atoms with Crippen molar-refractivity contribution < 1.29 is 4.39 Å². The number of benzene rings is 1. The summed E-state index contributed by atoms with van der Waals surface area (Å²) in [7, 11) is 0. The lowest BCUT2D eigenvalue weighted by Gasteiger charge is -1.94. The summed E-state index contributed by atoms with van der Waals surface area (Å²) < 4.78 is 16.5. The van der Waals surface area contributed by atoms with Gasteiger partial charge in [-0.05, 0) is 18.2 Å². The highest BCUT2D eigenvalue weighted by Crippen LogP contribution is 2.13. The van der Waals surface area contributed by atoms with Gasteiger partial charge in [0, 0.05) is 16.8 Å². The fraction of sp³-hybridized carbons (Fsp3) is 0. The van der Waals surface area contributed by atoms with E-state index in [9.17, 15) is 4.39 Å². The normalized spacial score (nSPS) is 10.8. The molecule has 0 bridgehead atoms. The molecule has 0 radical (unpaired) electrons. The van der Waals surface area contributed by atoms with Crippen LogP contribution in [0.2, 0.25) is 5.02 Å². The van der Waals surface area contributed by atoms with Crippen molar-refractivity contribution in [1.29, 1.82) is 0 Å². The van der Waals surface area contributed by atoms with Gasteiger partial charge in [-0.2, -0.15) is 0 Å². The molecule has 0 amide bonds. The first-order valence-corrected chi connectivity index (χ1v) is 4.17. The van der Waals surface area contributed by atoms with Crippen LogP contribution >= 0.6 is 34.5 Å². The van der Waals surface area contributed by atoms with Crippen molar-refractivity contribution in [3.05, 3.63) is 34.6 Å². The van der Waals surface area contributed by atoms with Crippen LogP contribution in [0.25, 0.3) is 0 Å². The first-order chi connectivity index (χ1) is 5.24. The third-order valence-corrected chi connectivity index (χ3v) is 1.66. The van der Waals surface area contributed by atoms with E-state index < -0.39 is 0 Å². The molecule has 0 N–H and O–H groups in total. The maximum atomic E-state index is 12.9. The number of halogens is 3. The van der Waals surface area contributed by atoms with E-state index in [1.54, 1.807) is 35.0 Å². The molecule has 0 aromatic heterocycles. The van der Waals surface area contributed by atoms with Gasteiger partial charge in [-0.1, -0.05) is 11.6 Å². The molecule has 1 rings (SSSR count). The quantitative estimate of drug-likeness (QED) is 0.554. The van der Waals surface area contributed by atoms with Gasteiger partial charge in [0.05, 0.1) is 22.9 Å². The molecule has 0 spiro atoms. The number of rotatable bonds is 1. The Kier molecular flexibility index (Phi) is 3.26. The molecule has 11 heavy (non-hydrogen) atoms. The lowest BCUT2D eigenvalue weighted by atomic mass is 10.2. The minimum absolute atomic E-state index is 0.349. The summed E-state index contributed by atoms with van der Waals surface area (Å²) in [6.07, 6.45) is 1.44. The molecule has 0 unspecified atom stereocenters. The predicted molar refractivity (Wildman–Crippen MR) is 53.0 cm³/mol. The zero-order valence-corrected chi connectivity index (χ0v) is 8.30. The highest BCUT2D eigenvalue weighted by atomic mass is 127. The van der Waals surface area contributed by atoms with Gasteiger partial charge in [0.2, 0.25) is 0 Å². The number of hydrogen-bond acceptors (Lipinski definition) is 1. The summed E-state index contributed by atoms with van der Waals surface area (Å²) in [6, 6.07) is 4.47. The van der Waals surface area contributed by atoms with Gasteiger partial charge in [0.1, 0.15) is 5.82 Å². The van der Waals surface area contributed by atoms with Gasteiger partial charge >= 0.3 is 0 Å². The summed E-state index contributed by atoms with van der Waals surface area (Å²) in [5.41, 5.74) is 0.448. The van der Waals surface area contributed by atoms with Crippen LogP contribution in [0.4, 0.5) is 4.39 Å². The average molecular weight is 283 g/mol. The van der Waals surface area contributed by atoms with E-state index in [0.717, 1.165) is 0 Å². The maximum Gasteiger partial charge on any atom is 0.133 e. The first kappa shape index (κ1) is 8.93. The van der Waals surface area contributed by atoms with E-state index in [1.165, 1.54) is 12.3 Å². The molecule has 1 aromatic rings. The SMILES string of the molecule is Fc1cc(Cl)ccc1/C=N/I. The molecule has 1 nitrogen and oxygen atoms in total. The summed E-state index contributed by atoms with van der Waals surface area (Å²) >= 11 is 7.32.